The molecule has 11 heteroatoms. The number of aromatic amines is 1. The molecule has 0 saturated carbocycles. The van der Waals surface area contributed by atoms with Gasteiger partial charge in [0.2, 0.25) is 11.8 Å². The summed E-state index contributed by atoms with van der Waals surface area (Å²) < 4.78 is 6.06. The van der Waals surface area contributed by atoms with E-state index in [1.807, 2.05) is 48.5 Å². The topological polar surface area (TPSA) is 109 Å². The molecule has 2 N–H and O–H groups in total. The summed E-state index contributed by atoms with van der Waals surface area (Å²) in [5.41, 5.74) is 1.66. The largest absolute Gasteiger partial charge is 0.483 e. The molecular weight excluding hydrogens is 606 g/mol. The molecule has 1 fully saturated rings. The van der Waals surface area contributed by atoms with Crippen molar-refractivity contribution < 1.29 is 19.1 Å². The van der Waals surface area contributed by atoms with Crippen LogP contribution in [0.4, 0.5) is 11.4 Å². The number of anilines is 2. The Balaban J connectivity index is 1.23. The number of halogens is 1. The molecule has 2 aliphatic rings. The lowest BCUT2D eigenvalue weighted by atomic mass is 9.82. The molecule has 1 aromatic heterocycles. The van der Waals surface area contributed by atoms with Gasteiger partial charge in [-0.2, -0.15) is 0 Å². The number of H-pyrrole nitrogens is 1. The van der Waals surface area contributed by atoms with Gasteiger partial charge in [0.15, 0.2) is 6.61 Å². The van der Waals surface area contributed by atoms with Gasteiger partial charge in [-0.25, -0.2) is 4.90 Å². The van der Waals surface area contributed by atoms with E-state index in [1.54, 1.807) is 42.5 Å². The molecule has 1 saturated heterocycles. The van der Waals surface area contributed by atoms with Gasteiger partial charge in [0.05, 0.1) is 16.6 Å². The van der Waals surface area contributed by atoms with Gasteiger partial charge < -0.3 is 15.0 Å². The molecule has 0 radical (unpaired) electrons. The van der Waals surface area contributed by atoms with Gasteiger partial charge >= 0.3 is 4.87 Å². The zero-order valence-corrected chi connectivity index (χ0v) is 24.7. The third kappa shape index (κ3) is 4.91. The maximum Gasteiger partial charge on any atom is 0.305 e. The SMILES string of the molecule is O=C(COc1ccc(Cl)cc1[C@@H]1c2sc(=O)[nH]c2S[C@H]2C(=O)N(c3ccccc3)C(=O)[C@@H]12)Nc1cccc2ccccc12. The van der Waals surface area contributed by atoms with E-state index in [9.17, 15) is 19.2 Å². The Morgan fingerprint density at radius 3 is 2.53 bits per heavy atom. The molecule has 8 nitrogen and oxygen atoms in total. The lowest BCUT2D eigenvalue weighted by Gasteiger charge is -2.31. The predicted molar refractivity (Wildman–Crippen MR) is 168 cm³/mol. The highest BCUT2D eigenvalue weighted by molar-refractivity contribution is 8.00. The molecule has 2 aliphatic heterocycles. The number of thiazole rings is 1. The van der Waals surface area contributed by atoms with Crippen LogP contribution in [0.15, 0.2) is 101 Å². The second-order valence-corrected chi connectivity index (χ2v) is 12.7. The normalized spacial score (nSPS) is 19.3. The first-order valence-corrected chi connectivity index (χ1v) is 15.5. The molecule has 0 unspecified atom stereocenters. The van der Waals surface area contributed by atoms with Crippen LogP contribution in [-0.2, 0) is 14.4 Å². The van der Waals surface area contributed by atoms with E-state index in [0.717, 1.165) is 22.1 Å². The van der Waals surface area contributed by atoms with Gasteiger partial charge in [0.1, 0.15) is 11.0 Å². The van der Waals surface area contributed by atoms with Crippen molar-refractivity contribution in [2.75, 3.05) is 16.8 Å². The van der Waals surface area contributed by atoms with Gasteiger partial charge in [-0.3, -0.25) is 19.2 Å². The summed E-state index contributed by atoms with van der Waals surface area (Å²) in [5.74, 6) is -2.29. The molecular formula is C32H22ClN3O5S2. The Kier molecular flexibility index (Phi) is 7.04. The molecule has 0 aliphatic carbocycles. The fraction of sp³-hybridized carbons (Fsp3) is 0.125. The van der Waals surface area contributed by atoms with Gasteiger partial charge in [-0.1, -0.05) is 89.3 Å². The van der Waals surface area contributed by atoms with Crippen molar-refractivity contribution in [2.24, 2.45) is 5.92 Å². The third-order valence-corrected chi connectivity index (χ3v) is 10.2. The number of para-hydroxylation sites is 1. The third-order valence-electron chi connectivity index (χ3n) is 7.57. The Morgan fingerprint density at radius 1 is 0.930 bits per heavy atom. The van der Waals surface area contributed by atoms with Crippen molar-refractivity contribution in [3.8, 4) is 5.75 Å². The molecule has 7 rings (SSSR count). The number of nitrogens with zero attached hydrogens (tertiary/aromatic N) is 1. The number of rotatable bonds is 6. The highest BCUT2D eigenvalue weighted by Gasteiger charge is 2.56. The molecule has 0 bridgehead atoms. The number of benzene rings is 4. The highest BCUT2D eigenvalue weighted by atomic mass is 35.5. The standard InChI is InChI=1S/C32H22ClN3O5S2/c33-18-13-14-23(41-16-24(37)34-22-12-6-8-17-7-4-5-11-20(17)22)21(15-18)25-26-28(42-29-27(25)43-32(40)35-29)31(39)36(30(26)38)19-9-2-1-3-10-19/h1-15,25-26,28H,16H2,(H,34,37)(H,35,40)/t25-,26-,28+/m0/s1. The van der Waals surface area contributed by atoms with Crippen LogP contribution >= 0.6 is 34.7 Å². The molecule has 3 heterocycles. The van der Waals surface area contributed by atoms with Crippen molar-refractivity contribution in [3.05, 3.63) is 116 Å². The van der Waals surface area contributed by atoms with Crippen LogP contribution in [0.2, 0.25) is 5.02 Å². The molecule has 3 atom stereocenters. The summed E-state index contributed by atoms with van der Waals surface area (Å²) >= 11 is 8.64. The van der Waals surface area contributed by atoms with Crippen LogP contribution in [0.5, 0.6) is 5.75 Å². The molecule has 0 spiro atoms. The van der Waals surface area contributed by atoms with Crippen molar-refractivity contribution in [2.45, 2.75) is 16.2 Å². The lowest BCUT2D eigenvalue weighted by Crippen LogP contribution is -2.32. The highest BCUT2D eigenvalue weighted by Crippen LogP contribution is 2.54. The van der Waals surface area contributed by atoms with E-state index in [-0.39, 0.29) is 29.2 Å². The zero-order valence-electron chi connectivity index (χ0n) is 22.3. The first-order valence-electron chi connectivity index (χ1n) is 13.4. The van der Waals surface area contributed by atoms with Crippen molar-refractivity contribution in [3.63, 3.8) is 0 Å². The molecule has 214 valence electrons. The second-order valence-electron chi connectivity index (χ2n) is 10.1. The Bertz CT molecular complexity index is 1970. The summed E-state index contributed by atoms with van der Waals surface area (Å²) in [5, 5.41) is 4.97. The van der Waals surface area contributed by atoms with Crippen LogP contribution in [0.3, 0.4) is 0 Å². The van der Waals surface area contributed by atoms with Crippen LogP contribution < -0.4 is 19.8 Å². The molecule has 4 aromatic carbocycles. The van der Waals surface area contributed by atoms with E-state index in [0.29, 0.717) is 37.6 Å². The van der Waals surface area contributed by atoms with E-state index < -0.39 is 17.1 Å². The summed E-state index contributed by atoms with van der Waals surface area (Å²) in [6.07, 6.45) is 0. The Labute approximate surface area is 258 Å². The fourth-order valence-electron chi connectivity index (χ4n) is 5.74. The first kappa shape index (κ1) is 27.5. The maximum absolute atomic E-state index is 14.0. The van der Waals surface area contributed by atoms with E-state index in [2.05, 4.69) is 10.3 Å². The summed E-state index contributed by atoms with van der Waals surface area (Å²) in [4.78, 5) is 57.6. The number of ether oxygens (including phenoxy) is 1. The molecule has 3 amide bonds. The van der Waals surface area contributed by atoms with Crippen LogP contribution in [-0.4, -0.2) is 34.6 Å². The van der Waals surface area contributed by atoms with Crippen molar-refractivity contribution in [1.29, 1.82) is 0 Å². The molecule has 43 heavy (non-hydrogen) atoms. The van der Waals surface area contributed by atoms with E-state index >= 15 is 0 Å². The van der Waals surface area contributed by atoms with Gasteiger partial charge in [-0.15, -0.1) is 0 Å². The van der Waals surface area contributed by atoms with Gasteiger partial charge in [0, 0.05) is 32.5 Å². The number of imide groups is 1. The maximum atomic E-state index is 14.0. The minimum absolute atomic E-state index is 0.291. The van der Waals surface area contributed by atoms with Crippen LogP contribution in [0, 0.1) is 5.92 Å². The number of aromatic nitrogens is 1. The Hall–Kier alpha value is -4.38. The number of carbonyl (C=O) groups excluding carboxylic acids is 3. The number of thioether (sulfide) groups is 1. The lowest BCUT2D eigenvalue weighted by molar-refractivity contribution is -0.122. The number of hydrogen-bond acceptors (Lipinski definition) is 7. The number of fused-ring (bicyclic) bond motifs is 3. The van der Waals surface area contributed by atoms with Crippen LogP contribution in [0.1, 0.15) is 16.4 Å². The first-order chi connectivity index (χ1) is 20.9. The summed E-state index contributed by atoms with van der Waals surface area (Å²) in [6.45, 7) is -0.313. The minimum Gasteiger partial charge on any atom is -0.483 e. The van der Waals surface area contributed by atoms with Crippen molar-refractivity contribution >= 4 is 74.6 Å². The average molecular weight is 628 g/mol. The predicted octanol–water partition coefficient (Wildman–Crippen LogP) is 6.06. The molecule has 5 aromatic rings. The Morgan fingerprint density at radius 2 is 1.70 bits per heavy atom. The van der Waals surface area contributed by atoms with Crippen LogP contribution in [0.25, 0.3) is 10.8 Å². The summed E-state index contributed by atoms with van der Waals surface area (Å²) in [7, 11) is 0. The minimum atomic E-state index is -0.818. The second kappa shape index (κ2) is 11.0. The quantitative estimate of drug-likeness (QED) is 0.222. The number of carbonyl (C=O) groups is 3. The smallest absolute Gasteiger partial charge is 0.305 e. The van der Waals surface area contributed by atoms with Gasteiger partial charge in [0.25, 0.3) is 5.91 Å². The average Bonchev–Trinajstić information content (AvgIpc) is 3.51. The van der Waals surface area contributed by atoms with Gasteiger partial charge in [-0.05, 0) is 41.8 Å². The van der Waals surface area contributed by atoms with E-state index in [1.165, 1.54) is 16.7 Å². The zero-order chi connectivity index (χ0) is 29.7. The van der Waals surface area contributed by atoms with Crippen molar-refractivity contribution in [1.82, 2.24) is 4.98 Å². The number of nitrogens with one attached hydrogen (secondary N) is 2. The van der Waals surface area contributed by atoms with E-state index in [4.69, 9.17) is 16.3 Å². The number of hydrogen-bond donors (Lipinski definition) is 2. The monoisotopic (exact) mass is 627 g/mol. The number of amides is 3. The fourth-order valence-corrected chi connectivity index (χ4v) is 8.43. The summed E-state index contributed by atoms with van der Waals surface area (Å²) in [6, 6.07) is 27.1.